The number of fused-ring (bicyclic) bond motifs is 16. The van der Waals surface area contributed by atoms with Gasteiger partial charge in [0, 0.05) is 74.4 Å². The van der Waals surface area contributed by atoms with E-state index in [4.69, 9.17) is 0 Å². The van der Waals surface area contributed by atoms with Gasteiger partial charge in [0.05, 0.1) is 48.8 Å². The SMILES string of the molecule is C=CC(C)(C)C1=CC2CC3=CC(C(C)(C)C=C)=CC(CC4C=C(C(C)(C)C=C)C=C(CC5=CC(C(C)(C)C)=CC(CC6=CC(C(C)(C)C=C)=CC(CC7C=C(C(C)(C)C)C=C(CC8C=C(C(C)(C)C=C)C=C(CC9C=C(C(C)(C)C)C=C(CC(=C1)C2O)C9O)C8O)C7O)C6O)C5O)C4O)C3O. The molecule has 548 valence electrons. The second kappa shape index (κ2) is 29.3. The summed E-state index contributed by atoms with van der Waals surface area (Å²) in [6, 6.07) is 0. The van der Waals surface area contributed by atoms with E-state index in [0.29, 0.717) is 38.5 Å². The van der Waals surface area contributed by atoms with Crippen molar-refractivity contribution in [2.45, 2.75) is 232 Å². The van der Waals surface area contributed by atoms with E-state index in [9.17, 15) is 40.9 Å². The molecule has 16 atom stereocenters. The molecule has 0 aromatic heterocycles. The van der Waals surface area contributed by atoms with Crippen molar-refractivity contribution in [3.63, 3.8) is 0 Å². The van der Waals surface area contributed by atoms with E-state index in [1.807, 2.05) is 30.4 Å². The van der Waals surface area contributed by atoms with Crippen LogP contribution >= 0.6 is 0 Å². The summed E-state index contributed by atoms with van der Waals surface area (Å²) in [5, 5.41) is 105. The number of allylic oxidation sites excluding steroid dienone is 21. The summed E-state index contributed by atoms with van der Waals surface area (Å²) in [6.45, 7) is 62.3. The van der Waals surface area contributed by atoms with Crippen molar-refractivity contribution < 1.29 is 40.9 Å². The van der Waals surface area contributed by atoms with Crippen LogP contribution in [0, 0.1) is 90.7 Å². The highest BCUT2D eigenvalue weighted by molar-refractivity contribution is 5.50. The van der Waals surface area contributed by atoms with Crippen molar-refractivity contribution in [2.24, 2.45) is 90.7 Å². The molecular weight excluding hydrogens is 1250 g/mol. The number of hydrogen-bond acceptors (Lipinski definition) is 8. The first kappa shape index (κ1) is 79.3. The lowest BCUT2D eigenvalue weighted by molar-refractivity contribution is 0.0967. The normalized spacial score (nSPS) is 32.3. The molecule has 8 nitrogen and oxygen atoms in total. The van der Waals surface area contributed by atoms with Gasteiger partial charge in [0.1, 0.15) is 0 Å². The van der Waals surface area contributed by atoms with Gasteiger partial charge >= 0.3 is 0 Å². The Labute approximate surface area is 609 Å². The fourth-order valence-electron chi connectivity index (χ4n) is 16.4. The molecule has 8 heteroatoms. The summed E-state index contributed by atoms with van der Waals surface area (Å²) in [7, 11) is 0. The Balaban J connectivity index is 1.21. The first-order valence-corrected chi connectivity index (χ1v) is 37.7. The molecule has 0 aromatic rings. The molecule has 0 aliphatic heterocycles. The quantitative estimate of drug-likeness (QED) is 0.100. The Kier molecular flexibility index (Phi) is 23.0. The zero-order valence-corrected chi connectivity index (χ0v) is 65.1. The second-order valence-corrected chi connectivity index (χ2v) is 37.6. The maximum atomic E-state index is 13.1. The first-order valence-electron chi connectivity index (χ1n) is 37.7. The van der Waals surface area contributed by atoms with Crippen LogP contribution in [0.15, 0.2) is 250 Å². The molecule has 101 heavy (non-hydrogen) atoms. The van der Waals surface area contributed by atoms with E-state index in [1.165, 1.54) is 0 Å². The minimum absolute atomic E-state index is 0.272. The molecule has 9 rings (SSSR count). The van der Waals surface area contributed by atoms with E-state index in [-0.39, 0.29) is 29.1 Å². The molecule has 0 spiro atoms. The van der Waals surface area contributed by atoms with Crippen molar-refractivity contribution in [3.05, 3.63) is 250 Å². The molecule has 9 aliphatic rings. The third-order valence-corrected chi connectivity index (χ3v) is 24.8. The molecule has 16 unspecified atom stereocenters. The lowest BCUT2D eigenvalue weighted by Crippen LogP contribution is -2.37. The van der Waals surface area contributed by atoms with Gasteiger partial charge in [0.2, 0.25) is 0 Å². The number of hydrogen-bond donors (Lipinski definition) is 8. The maximum absolute atomic E-state index is 13.1. The van der Waals surface area contributed by atoms with E-state index in [1.54, 1.807) is 0 Å². The van der Waals surface area contributed by atoms with Crippen LogP contribution in [-0.4, -0.2) is 89.7 Å². The maximum Gasteiger partial charge on any atom is 0.0822 e. The van der Waals surface area contributed by atoms with Crippen LogP contribution in [0.1, 0.15) is 183 Å². The van der Waals surface area contributed by atoms with Gasteiger partial charge in [-0.1, -0.05) is 259 Å². The zero-order chi connectivity index (χ0) is 75.0. The Morgan fingerprint density at radius 1 is 0.238 bits per heavy atom. The van der Waals surface area contributed by atoms with Gasteiger partial charge in [-0.2, -0.15) is 0 Å². The van der Waals surface area contributed by atoms with Gasteiger partial charge in [-0.05, 0) is 157 Å². The third kappa shape index (κ3) is 17.0. The predicted molar refractivity (Wildman–Crippen MR) is 420 cm³/mol. The second-order valence-electron chi connectivity index (χ2n) is 37.6. The fraction of sp³-hybridized carbons (Fsp3) is 0.548. The van der Waals surface area contributed by atoms with E-state index in [0.717, 1.165) is 89.2 Å². The summed E-state index contributed by atoms with van der Waals surface area (Å²) in [5.74, 6) is -3.63. The molecule has 8 N–H and O–H groups in total. The summed E-state index contributed by atoms with van der Waals surface area (Å²) in [5.41, 5.74) is 10.8. The minimum atomic E-state index is -0.996. The van der Waals surface area contributed by atoms with Crippen LogP contribution in [0.3, 0.4) is 0 Å². The van der Waals surface area contributed by atoms with Crippen molar-refractivity contribution in [3.8, 4) is 0 Å². The lowest BCUT2D eigenvalue weighted by atomic mass is 9.67. The van der Waals surface area contributed by atoms with Crippen molar-refractivity contribution in [1.82, 2.24) is 0 Å². The van der Waals surface area contributed by atoms with Gasteiger partial charge in [0.25, 0.3) is 0 Å². The highest BCUT2D eigenvalue weighted by atomic mass is 16.3. The summed E-state index contributed by atoms with van der Waals surface area (Å²) in [6.07, 6.45) is 38.9. The Bertz CT molecular complexity index is 3810. The molecule has 1 fully saturated rings. The average Bonchev–Trinajstić information content (AvgIpc) is 0.779. The summed E-state index contributed by atoms with van der Waals surface area (Å²) < 4.78 is 0. The first-order chi connectivity index (χ1) is 46.7. The van der Waals surface area contributed by atoms with Crippen molar-refractivity contribution in [1.29, 1.82) is 0 Å². The Morgan fingerprint density at radius 3 is 0.604 bits per heavy atom. The van der Waals surface area contributed by atoms with Crippen LogP contribution in [0.2, 0.25) is 0 Å². The monoisotopic (exact) mass is 1370 g/mol. The van der Waals surface area contributed by atoms with Crippen LogP contribution in [0.4, 0.5) is 0 Å². The summed E-state index contributed by atoms with van der Waals surface area (Å²) in [4.78, 5) is 0. The molecule has 0 radical (unpaired) electrons. The van der Waals surface area contributed by atoms with E-state index >= 15 is 0 Å². The van der Waals surface area contributed by atoms with E-state index in [2.05, 4.69) is 262 Å². The van der Waals surface area contributed by atoms with Crippen LogP contribution in [0.5, 0.6) is 0 Å². The molecule has 0 heterocycles. The number of aliphatic hydroxyl groups is 8. The van der Waals surface area contributed by atoms with Crippen molar-refractivity contribution >= 4 is 0 Å². The van der Waals surface area contributed by atoms with Crippen LogP contribution in [0.25, 0.3) is 0 Å². The number of aliphatic hydroxyl groups excluding tert-OH is 8. The molecule has 0 saturated heterocycles. The Hall–Kier alpha value is -5.78. The highest BCUT2D eigenvalue weighted by Gasteiger charge is 2.45. The van der Waals surface area contributed by atoms with Gasteiger partial charge in [0.15, 0.2) is 0 Å². The third-order valence-electron chi connectivity index (χ3n) is 24.8. The van der Waals surface area contributed by atoms with E-state index < -0.39 is 123 Å². The van der Waals surface area contributed by atoms with Gasteiger partial charge in [-0.3, -0.25) is 0 Å². The van der Waals surface area contributed by atoms with Crippen molar-refractivity contribution in [2.75, 3.05) is 0 Å². The van der Waals surface area contributed by atoms with Gasteiger partial charge < -0.3 is 40.9 Å². The zero-order valence-electron chi connectivity index (χ0n) is 65.1. The van der Waals surface area contributed by atoms with Gasteiger partial charge in [-0.25, -0.2) is 0 Å². The summed E-state index contributed by atoms with van der Waals surface area (Å²) >= 11 is 0. The molecule has 0 aromatic carbocycles. The average molecular weight is 1370 g/mol. The smallest absolute Gasteiger partial charge is 0.0822 e. The number of rotatable bonds is 10. The minimum Gasteiger partial charge on any atom is -0.388 e. The van der Waals surface area contributed by atoms with Crippen LogP contribution in [-0.2, 0) is 0 Å². The standard InChI is InChI=1S/C93H128O8/c1-25-89(15,16)73-44-60-30-54-38-70(86(6,7)8)39-55(78(54)94)31-61-45-74(90(17,18)26-2)47-63(82(61)98)33-57-41-72(88(12,13)14)43-59(80(57)96)35-65-49-76(92(21,22)28-4)51-67(84(65)100)37-69-53-77(93(23,24)29-5)52-68(85(69)101)36-66-50-75(91(19,20)27-3)48-64(83(66)99)34-58-42-71(87(9,10)11)40-56(79(58)95)32-62(46-73)81(60)97/h25-29,38-54,56-57,60-61,66-68,78-85,94-101H,1-5,30-37H2,6-24H3. The van der Waals surface area contributed by atoms with Crippen LogP contribution < -0.4 is 0 Å². The molecule has 16 bridgehead atoms. The fourth-order valence-corrected chi connectivity index (χ4v) is 16.4. The molecule has 1 saturated carbocycles. The predicted octanol–water partition coefficient (Wildman–Crippen LogP) is 19.1. The topological polar surface area (TPSA) is 162 Å². The molecular formula is C93H128O8. The van der Waals surface area contributed by atoms with Gasteiger partial charge in [-0.15, -0.1) is 32.9 Å². The molecule has 9 aliphatic carbocycles. The largest absolute Gasteiger partial charge is 0.388 e. The molecule has 0 amide bonds. The highest BCUT2D eigenvalue weighted by Crippen LogP contribution is 2.52. The lowest BCUT2D eigenvalue weighted by Gasteiger charge is -2.41. The Morgan fingerprint density at radius 2 is 0.386 bits per heavy atom.